The molecule has 3 aliphatic rings. The van der Waals surface area contributed by atoms with Crippen LogP contribution in [-0.4, -0.2) is 83.1 Å². The molecule has 0 unspecified atom stereocenters. The summed E-state index contributed by atoms with van der Waals surface area (Å²) in [6.45, 7) is 6.12. The van der Waals surface area contributed by atoms with E-state index in [0.717, 1.165) is 81.3 Å². The monoisotopic (exact) mass is 572 g/mol. The number of hydrogen-bond donors (Lipinski definition) is 3. The van der Waals surface area contributed by atoms with Gasteiger partial charge in [-0.2, -0.15) is 4.98 Å². The van der Waals surface area contributed by atoms with Gasteiger partial charge in [0.05, 0.1) is 25.2 Å². The minimum absolute atomic E-state index is 0.337. The molecule has 10 nitrogen and oxygen atoms in total. The highest BCUT2D eigenvalue weighted by Gasteiger charge is 2.31. The summed E-state index contributed by atoms with van der Waals surface area (Å²) in [5.74, 6) is 2.87. The standard InChI is InChI=1S/C27H36ClN7O3P/c1-37-23-15-20(34-9-7-19(8-10-34)35-11-13-39(2,36)14-12-35)5-6-22(23)31-25-21(28)16-29-26(32-25)33-27-30-17-24(38-27)18-3-4-18/h5-6,15-19,36H,3-4,7-14H2,1-2H3,(H2,29,30,31,32,33). The van der Waals surface area contributed by atoms with Gasteiger partial charge in [-0.05, 0) is 64.3 Å². The highest BCUT2D eigenvalue weighted by molar-refractivity contribution is 7.69. The number of methoxy groups -OCH3 is 1. The van der Waals surface area contributed by atoms with Gasteiger partial charge in [-0.3, -0.25) is 10.2 Å². The molecular weight excluding hydrogens is 537 g/mol. The van der Waals surface area contributed by atoms with Gasteiger partial charge in [0.15, 0.2) is 5.82 Å². The van der Waals surface area contributed by atoms with Gasteiger partial charge < -0.3 is 24.3 Å². The third-order valence-corrected chi connectivity index (χ3v) is 10.6. The van der Waals surface area contributed by atoms with E-state index in [1.807, 2.05) is 6.07 Å². The van der Waals surface area contributed by atoms with Crippen LogP contribution >= 0.6 is 19.1 Å². The van der Waals surface area contributed by atoms with Crippen LogP contribution in [0.4, 0.5) is 29.2 Å². The van der Waals surface area contributed by atoms with Crippen molar-refractivity contribution in [1.82, 2.24) is 19.9 Å². The average Bonchev–Trinajstić information content (AvgIpc) is 3.69. The fourth-order valence-corrected chi connectivity index (χ4v) is 7.12. The van der Waals surface area contributed by atoms with Crippen molar-refractivity contribution in [2.45, 2.75) is 37.6 Å². The zero-order valence-corrected chi connectivity index (χ0v) is 24.1. The minimum atomic E-state index is -1.65. The predicted molar refractivity (Wildman–Crippen MR) is 157 cm³/mol. The summed E-state index contributed by atoms with van der Waals surface area (Å²) in [5.41, 5.74) is 1.90. The van der Waals surface area contributed by atoms with Crippen LogP contribution in [0.3, 0.4) is 0 Å². The Morgan fingerprint density at radius 3 is 2.54 bits per heavy atom. The molecule has 2 aliphatic heterocycles. The van der Waals surface area contributed by atoms with Crippen LogP contribution in [0.2, 0.25) is 5.02 Å². The van der Waals surface area contributed by atoms with E-state index in [1.54, 1.807) is 19.5 Å². The molecule has 2 aromatic heterocycles. The summed E-state index contributed by atoms with van der Waals surface area (Å²) in [5, 5.41) is 6.71. The molecule has 1 aliphatic carbocycles. The molecule has 2 saturated heterocycles. The van der Waals surface area contributed by atoms with Gasteiger partial charge in [0.25, 0.3) is 0 Å². The van der Waals surface area contributed by atoms with Crippen LogP contribution in [0.5, 0.6) is 5.75 Å². The number of hydrogen-bond acceptors (Lipinski definition) is 10. The van der Waals surface area contributed by atoms with E-state index in [2.05, 4.69) is 54.2 Å². The molecule has 209 valence electrons. The SMILES string of the molecule is COc1cc(N2CCC(N3CC[P](C)(O)CC3)CC2)ccc1Nc1nc(Nc2ncc(C3CC3)o2)ncc1Cl. The van der Waals surface area contributed by atoms with E-state index < -0.39 is 7.49 Å². The Bertz CT molecular complexity index is 1300. The first-order valence-electron chi connectivity index (χ1n) is 13.6. The molecule has 0 atom stereocenters. The molecule has 39 heavy (non-hydrogen) atoms. The molecule has 1 saturated carbocycles. The zero-order valence-electron chi connectivity index (χ0n) is 22.4. The van der Waals surface area contributed by atoms with Crippen LogP contribution in [-0.2, 0) is 0 Å². The van der Waals surface area contributed by atoms with Crippen LogP contribution in [0.25, 0.3) is 0 Å². The summed E-state index contributed by atoms with van der Waals surface area (Å²) >= 11 is 6.43. The van der Waals surface area contributed by atoms with E-state index >= 15 is 0 Å². The Labute approximate surface area is 234 Å². The number of oxazole rings is 1. The lowest BCUT2D eigenvalue weighted by Gasteiger charge is -2.44. The number of ether oxygens (including phenoxy) is 1. The maximum atomic E-state index is 10.4. The van der Waals surface area contributed by atoms with Crippen molar-refractivity contribution in [3.8, 4) is 5.75 Å². The van der Waals surface area contributed by atoms with Gasteiger partial charge in [0.2, 0.25) is 5.95 Å². The van der Waals surface area contributed by atoms with Crippen LogP contribution in [0.1, 0.15) is 37.4 Å². The van der Waals surface area contributed by atoms with E-state index in [4.69, 9.17) is 20.8 Å². The Kier molecular flexibility index (Phi) is 7.55. The number of piperidine rings is 1. The number of nitrogens with zero attached hydrogens (tertiary/aromatic N) is 5. The molecule has 3 aromatic rings. The molecule has 1 radical (unpaired) electrons. The zero-order chi connectivity index (χ0) is 27.0. The van der Waals surface area contributed by atoms with Gasteiger partial charge >= 0.3 is 6.01 Å². The molecule has 0 bridgehead atoms. The van der Waals surface area contributed by atoms with Crippen molar-refractivity contribution in [3.05, 3.63) is 41.4 Å². The van der Waals surface area contributed by atoms with E-state index in [9.17, 15) is 4.89 Å². The molecule has 12 heteroatoms. The maximum Gasteiger partial charge on any atom is 0.301 e. The summed E-state index contributed by atoms with van der Waals surface area (Å²) in [6.07, 6.45) is 9.77. The first-order valence-corrected chi connectivity index (χ1v) is 16.6. The quantitative estimate of drug-likeness (QED) is 0.306. The molecule has 0 spiro atoms. The smallest absolute Gasteiger partial charge is 0.301 e. The predicted octanol–water partition coefficient (Wildman–Crippen LogP) is 5.33. The van der Waals surface area contributed by atoms with Crippen LogP contribution in [0, 0.1) is 0 Å². The molecule has 4 heterocycles. The van der Waals surface area contributed by atoms with E-state index in [0.29, 0.717) is 40.5 Å². The van der Waals surface area contributed by atoms with Crippen molar-refractivity contribution in [3.63, 3.8) is 0 Å². The minimum Gasteiger partial charge on any atom is -0.494 e. The lowest BCUT2D eigenvalue weighted by Crippen LogP contribution is -2.49. The van der Waals surface area contributed by atoms with Gasteiger partial charge in [-0.1, -0.05) is 11.6 Å². The largest absolute Gasteiger partial charge is 0.494 e. The van der Waals surface area contributed by atoms with Gasteiger partial charge in [-0.15, -0.1) is 0 Å². The van der Waals surface area contributed by atoms with Crippen molar-refractivity contribution in [2.24, 2.45) is 0 Å². The second-order valence-corrected chi connectivity index (χ2v) is 14.9. The van der Waals surface area contributed by atoms with Gasteiger partial charge in [0.1, 0.15) is 16.5 Å². The number of rotatable bonds is 8. The van der Waals surface area contributed by atoms with Crippen LogP contribution < -0.4 is 20.3 Å². The van der Waals surface area contributed by atoms with E-state index in [1.165, 1.54) is 0 Å². The molecule has 1 aromatic carbocycles. The highest BCUT2D eigenvalue weighted by Crippen LogP contribution is 2.52. The Hall–Kier alpha value is -2.65. The summed E-state index contributed by atoms with van der Waals surface area (Å²) in [6, 6.07) is 7.13. The lowest BCUT2D eigenvalue weighted by molar-refractivity contribution is 0.180. The summed E-state index contributed by atoms with van der Waals surface area (Å²) < 4.78 is 11.5. The fraction of sp³-hybridized carbons (Fsp3) is 0.519. The van der Waals surface area contributed by atoms with Crippen molar-refractivity contribution in [2.75, 3.05) is 67.8 Å². The normalized spacial score (nSPS) is 20.2. The Morgan fingerprint density at radius 2 is 1.82 bits per heavy atom. The fourth-order valence-electron chi connectivity index (χ4n) is 5.38. The van der Waals surface area contributed by atoms with Crippen LogP contribution in [0.15, 0.2) is 35.0 Å². The highest BCUT2D eigenvalue weighted by atomic mass is 35.5. The van der Waals surface area contributed by atoms with Gasteiger partial charge in [0, 0.05) is 49.9 Å². The van der Waals surface area contributed by atoms with Gasteiger partial charge in [-0.25, -0.2) is 9.97 Å². The Balaban J connectivity index is 1.10. The number of aromatic nitrogens is 3. The van der Waals surface area contributed by atoms with Crippen molar-refractivity contribution in [1.29, 1.82) is 0 Å². The second kappa shape index (κ2) is 11.1. The summed E-state index contributed by atoms with van der Waals surface area (Å²) in [4.78, 5) is 28.5. The molecule has 0 amide bonds. The molecule has 3 fully saturated rings. The lowest BCUT2D eigenvalue weighted by atomic mass is 10.0. The average molecular weight is 573 g/mol. The second-order valence-electron chi connectivity index (χ2n) is 10.9. The number of nitrogens with one attached hydrogen (secondary N) is 2. The maximum absolute atomic E-state index is 10.4. The molecule has 6 rings (SSSR count). The number of benzene rings is 1. The number of anilines is 5. The first-order chi connectivity index (χ1) is 18.9. The molecule has 3 N–H and O–H groups in total. The van der Waals surface area contributed by atoms with E-state index in [-0.39, 0.29) is 0 Å². The van der Waals surface area contributed by atoms with Crippen molar-refractivity contribution >= 4 is 48.2 Å². The number of halogens is 1. The first kappa shape index (κ1) is 26.6. The topological polar surface area (TPSA) is 112 Å². The van der Waals surface area contributed by atoms with Crippen molar-refractivity contribution < 1.29 is 14.0 Å². The third kappa shape index (κ3) is 6.24. The Morgan fingerprint density at radius 1 is 1.05 bits per heavy atom. The third-order valence-electron chi connectivity index (χ3n) is 7.99. The molecular formula is C27H36ClN7O3P. The summed E-state index contributed by atoms with van der Waals surface area (Å²) in [7, 11) is 0.0201.